The number of aryl methyl sites for hydroxylation is 1. The van der Waals surface area contributed by atoms with Crippen LogP contribution in [-0.2, 0) is 10.3 Å². The second-order valence-electron chi connectivity index (χ2n) is 4.94. The third-order valence-corrected chi connectivity index (χ3v) is 3.37. The second kappa shape index (κ2) is 5.91. The highest BCUT2D eigenvalue weighted by molar-refractivity contribution is 6.31. The molecule has 2 aromatic rings. The summed E-state index contributed by atoms with van der Waals surface area (Å²) in [6.07, 6.45) is 0. The Hall–Kier alpha value is -1.43. The number of halogens is 1. The van der Waals surface area contributed by atoms with Gasteiger partial charge in [0.25, 0.3) is 5.89 Å². The minimum atomic E-state index is -0.785. The molecule has 1 heterocycles. The van der Waals surface area contributed by atoms with Crippen LogP contribution in [0.2, 0.25) is 5.02 Å². The fourth-order valence-electron chi connectivity index (χ4n) is 1.68. The maximum Gasteiger partial charge on any atom is 0.258 e. The number of aromatic nitrogens is 2. The number of rotatable bonds is 5. The molecule has 2 N–H and O–H groups in total. The highest BCUT2D eigenvalue weighted by atomic mass is 35.5. The Bertz CT molecular complexity index is 596. The normalized spacial score (nSPS) is 14.2. The van der Waals surface area contributed by atoms with Crippen LogP contribution in [0, 0.1) is 6.92 Å². The molecule has 20 heavy (non-hydrogen) atoms. The summed E-state index contributed by atoms with van der Waals surface area (Å²) in [5, 5.41) is 4.59. The zero-order valence-corrected chi connectivity index (χ0v) is 12.6. The predicted octanol–water partition coefficient (Wildman–Crippen LogP) is 2.91. The van der Waals surface area contributed by atoms with E-state index >= 15 is 0 Å². The topological polar surface area (TPSA) is 74.2 Å². The maximum absolute atomic E-state index is 6.13. The molecule has 0 bridgehead atoms. The third kappa shape index (κ3) is 3.17. The smallest absolute Gasteiger partial charge is 0.258 e. The summed E-state index contributed by atoms with van der Waals surface area (Å²) in [6.45, 7) is 6.57. The van der Waals surface area contributed by atoms with Crippen molar-refractivity contribution < 1.29 is 9.26 Å². The fraction of sp³-hybridized carbons (Fsp3) is 0.429. The van der Waals surface area contributed by atoms with Gasteiger partial charge in [0.1, 0.15) is 5.54 Å². The van der Waals surface area contributed by atoms with Gasteiger partial charge in [-0.25, -0.2) is 0 Å². The van der Waals surface area contributed by atoms with Crippen LogP contribution in [0.3, 0.4) is 0 Å². The quantitative estimate of drug-likeness (QED) is 0.918. The molecule has 108 valence electrons. The lowest BCUT2D eigenvalue weighted by Crippen LogP contribution is -2.39. The molecule has 0 spiro atoms. The van der Waals surface area contributed by atoms with E-state index in [2.05, 4.69) is 10.1 Å². The Labute approximate surface area is 123 Å². The van der Waals surface area contributed by atoms with Crippen LogP contribution < -0.4 is 5.73 Å². The Morgan fingerprint density at radius 3 is 2.85 bits per heavy atom. The largest absolute Gasteiger partial charge is 0.379 e. The van der Waals surface area contributed by atoms with Gasteiger partial charge >= 0.3 is 0 Å². The van der Waals surface area contributed by atoms with Crippen LogP contribution in [0.15, 0.2) is 22.7 Å². The molecule has 0 aliphatic rings. The molecule has 5 nitrogen and oxygen atoms in total. The van der Waals surface area contributed by atoms with Gasteiger partial charge in [-0.15, -0.1) is 0 Å². The van der Waals surface area contributed by atoms with Crippen molar-refractivity contribution in [3.8, 4) is 11.5 Å². The van der Waals surface area contributed by atoms with Crippen molar-refractivity contribution in [1.82, 2.24) is 10.1 Å². The van der Waals surface area contributed by atoms with E-state index in [1.54, 1.807) is 13.0 Å². The first-order valence-electron chi connectivity index (χ1n) is 6.41. The second-order valence-corrected chi connectivity index (χ2v) is 5.35. The summed E-state index contributed by atoms with van der Waals surface area (Å²) in [7, 11) is 0. The average Bonchev–Trinajstić information content (AvgIpc) is 2.90. The van der Waals surface area contributed by atoms with Crippen molar-refractivity contribution in [3.63, 3.8) is 0 Å². The summed E-state index contributed by atoms with van der Waals surface area (Å²) in [6, 6.07) is 5.59. The van der Waals surface area contributed by atoms with Gasteiger partial charge in [0.15, 0.2) is 5.82 Å². The molecule has 0 amide bonds. The van der Waals surface area contributed by atoms with E-state index < -0.39 is 5.54 Å². The van der Waals surface area contributed by atoms with Crippen molar-refractivity contribution in [2.24, 2.45) is 5.73 Å². The number of hydrogen-bond acceptors (Lipinski definition) is 5. The third-order valence-electron chi connectivity index (χ3n) is 2.96. The van der Waals surface area contributed by atoms with Gasteiger partial charge in [-0.3, -0.25) is 0 Å². The number of ether oxygens (including phenoxy) is 1. The van der Waals surface area contributed by atoms with Gasteiger partial charge in [0.2, 0.25) is 0 Å². The molecule has 6 heteroatoms. The van der Waals surface area contributed by atoms with Gasteiger partial charge in [-0.2, -0.15) is 4.98 Å². The van der Waals surface area contributed by atoms with Crippen LogP contribution in [0.25, 0.3) is 11.5 Å². The first-order valence-corrected chi connectivity index (χ1v) is 6.79. The Balaban J connectivity index is 2.26. The fourth-order valence-corrected chi connectivity index (χ4v) is 1.86. The van der Waals surface area contributed by atoms with Gasteiger partial charge in [0.05, 0.1) is 6.61 Å². The van der Waals surface area contributed by atoms with E-state index in [0.29, 0.717) is 30.0 Å². The molecule has 0 aliphatic carbocycles. The highest BCUT2D eigenvalue weighted by Gasteiger charge is 2.28. The Kier molecular flexibility index (Phi) is 4.42. The van der Waals surface area contributed by atoms with Gasteiger partial charge in [-0.05, 0) is 38.5 Å². The summed E-state index contributed by atoms with van der Waals surface area (Å²) in [5.74, 6) is 0.813. The van der Waals surface area contributed by atoms with E-state index in [9.17, 15) is 0 Å². The van der Waals surface area contributed by atoms with E-state index in [0.717, 1.165) is 11.1 Å². The lowest BCUT2D eigenvalue weighted by atomic mass is 10.1. The van der Waals surface area contributed by atoms with Crippen molar-refractivity contribution in [2.45, 2.75) is 26.3 Å². The number of nitrogens with zero attached hydrogens (tertiary/aromatic N) is 2. The van der Waals surface area contributed by atoms with Crippen LogP contribution >= 0.6 is 11.6 Å². The van der Waals surface area contributed by atoms with E-state index in [1.165, 1.54) is 0 Å². The first kappa shape index (κ1) is 15.0. The maximum atomic E-state index is 6.13. The molecule has 0 aliphatic heterocycles. The zero-order valence-electron chi connectivity index (χ0n) is 11.8. The predicted molar refractivity (Wildman–Crippen MR) is 77.5 cm³/mol. The molecular formula is C14H18ClN3O2. The summed E-state index contributed by atoms with van der Waals surface area (Å²) in [5.41, 5.74) is 7.11. The van der Waals surface area contributed by atoms with Crippen molar-refractivity contribution in [3.05, 3.63) is 34.6 Å². The van der Waals surface area contributed by atoms with E-state index in [-0.39, 0.29) is 0 Å². The molecule has 0 saturated heterocycles. The summed E-state index contributed by atoms with van der Waals surface area (Å²) < 4.78 is 10.6. The SMILES string of the molecule is CCOCC(C)(N)c1noc(-c2ccc(C)c(Cl)c2)n1. The molecule has 1 aromatic heterocycles. The molecule has 2 rings (SSSR count). The minimum absolute atomic E-state index is 0.330. The zero-order chi connectivity index (χ0) is 14.8. The number of benzene rings is 1. The average molecular weight is 296 g/mol. The van der Waals surface area contributed by atoms with Crippen LogP contribution in [0.4, 0.5) is 0 Å². The van der Waals surface area contributed by atoms with E-state index in [4.69, 9.17) is 26.6 Å². The Morgan fingerprint density at radius 2 is 2.20 bits per heavy atom. The summed E-state index contributed by atoms with van der Waals surface area (Å²) in [4.78, 5) is 4.33. The monoisotopic (exact) mass is 295 g/mol. The standard InChI is InChI=1S/C14H18ClN3O2/c1-4-19-8-14(3,16)13-17-12(20-18-13)10-6-5-9(2)11(15)7-10/h5-7H,4,8,16H2,1-3H3. The van der Waals surface area contributed by atoms with Crippen molar-refractivity contribution in [2.75, 3.05) is 13.2 Å². The molecule has 0 saturated carbocycles. The highest BCUT2D eigenvalue weighted by Crippen LogP contribution is 2.25. The van der Waals surface area contributed by atoms with Gasteiger partial charge in [0, 0.05) is 17.2 Å². The molecular weight excluding hydrogens is 278 g/mol. The van der Waals surface area contributed by atoms with Crippen LogP contribution in [0.1, 0.15) is 25.2 Å². The lowest BCUT2D eigenvalue weighted by molar-refractivity contribution is 0.0962. The number of nitrogens with two attached hydrogens (primary N) is 1. The Morgan fingerprint density at radius 1 is 1.45 bits per heavy atom. The molecule has 1 atom stereocenters. The lowest BCUT2D eigenvalue weighted by Gasteiger charge is -2.19. The first-order chi connectivity index (χ1) is 9.44. The van der Waals surface area contributed by atoms with Crippen molar-refractivity contribution in [1.29, 1.82) is 0 Å². The van der Waals surface area contributed by atoms with Crippen LogP contribution in [-0.4, -0.2) is 23.4 Å². The molecule has 1 unspecified atom stereocenters. The van der Waals surface area contributed by atoms with Crippen LogP contribution in [0.5, 0.6) is 0 Å². The van der Waals surface area contributed by atoms with Crippen molar-refractivity contribution >= 4 is 11.6 Å². The van der Waals surface area contributed by atoms with Gasteiger partial charge in [-0.1, -0.05) is 22.8 Å². The van der Waals surface area contributed by atoms with Gasteiger partial charge < -0.3 is 15.0 Å². The van der Waals surface area contributed by atoms with E-state index in [1.807, 2.05) is 26.0 Å². The minimum Gasteiger partial charge on any atom is -0.379 e. The molecule has 1 aromatic carbocycles. The number of hydrogen-bond donors (Lipinski definition) is 1. The summed E-state index contributed by atoms with van der Waals surface area (Å²) >= 11 is 6.09. The molecule has 0 fully saturated rings. The molecule has 0 radical (unpaired) electrons.